The summed E-state index contributed by atoms with van der Waals surface area (Å²) in [4.78, 5) is 0. The first kappa shape index (κ1) is 7.72. The summed E-state index contributed by atoms with van der Waals surface area (Å²) < 4.78 is 13.4. The molecule has 0 fully saturated rings. The molecule has 0 bridgehead atoms. The average Bonchev–Trinajstić information content (AvgIpc) is 1.94. The van der Waals surface area contributed by atoms with E-state index < -0.39 is 0 Å². The molecule has 0 atom stereocenters. The van der Waals surface area contributed by atoms with Gasteiger partial charge in [-0.3, -0.25) is 0 Å². The van der Waals surface area contributed by atoms with Crippen molar-refractivity contribution in [2.45, 2.75) is 0 Å². The second-order valence-corrected chi connectivity index (χ2v) is 2.96. The first-order valence-electron chi connectivity index (χ1n) is 2.72. The molecular formula is C8H5FI. The molecule has 0 saturated carbocycles. The van der Waals surface area contributed by atoms with Crippen LogP contribution in [0.1, 0.15) is 5.56 Å². The van der Waals surface area contributed by atoms with Crippen molar-refractivity contribution in [3.63, 3.8) is 0 Å². The van der Waals surface area contributed by atoms with Gasteiger partial charge in [0.2, 0.25) is 0 Å². The van der Waals surface area contributed by atoms with Crippen LogP contribution >= 0.6 is 22.6 Å². The van der Waals surface area contributed by atoms with Crippen molar-refractivity contribution in [2.24, 2.45) is 0 Å². The highest BCUT2D eigenvalue weighted by molar-refractivity contribution is 14.1. The minimum Gasteiger partial charge on any atom is -0.207 e. The van der Waals surface area contributed by atoms with E-state index in [1.807, 2.05) is 0 Å². The molecule has 0 aromatic heterocycles. The fourth-order valence-electron chi connectivity index (χ4n) is 0.633. The summed E-state index contributed by atoms with van der Waals surface area (Å²) in [6.07, 6.45) is 2.64. The lowest BCUT2D eigenvalue weighted by Crippen LogP contribution is -1.82. The van der Waals surface area contributed by atoms with Gasteiger partial charge in [0.05, 0.1) is 0 Å². The summed E-state index contributed by atoms with van der Waals surface area (Å²) in [6, 6.07) is 4.53. The third-order valence-electron chi connectivity index (χ3n) is 1.12. The number of halogens is 2. The minimum atomic E-state index is -0.244. The van der Waals surface area contributed by atoms with Crippen molar-refractivity contribution in [3.8, 4) is 0 Å². The summed E-state index contributed by atoms with van der Waals surface area (Å²) in [5.74, 6) is -0.244. The third-order valence-corrected chi connectivity index (χ3v) is 2.06. The van der Waals surface area contributed by atoms with Crippen molar-refractivity contribution in [1.82, 2.24) is 0 Å². The monoisotopic (exact) mass is 247 g/mol. The molecule has 0 heterocycles. The van der Waals surface area contributed by atoms with E-state index >= 15 is 0 Å². The molecule has 1 aromatic carbocycles. The van der Waals surface area contributed by atoms with Crippen LogP contribution in [0.25, 0.3) is 0 Å². The Bertz CT molecular complexity index is 255. The lowest BCUT2D eigenvalue weighted by atomic mass is 10.2. The summed E-state index contributed by atoms with van der Waals surface area (Å²) in [5, 5.41) is 0. The van der Waals surface area contributed by atoms with E-state index in [0.717, 1.165) is 9.13 Å². The molecule has 0 unspecified atom stereocenters. The Hall–Kier alpha value is -0.380. The molecule has 0 aliphatic rings. The van der Waals surface area contributed by atoms with Crippen LogP contribution in [0.15, 0.2) is 24.8 Å². The highest BCUT2D eigenvalue weighted by Gasteiger charge is 1.95. The summed E-state index contributed by atoms with van der Waals surface area (Å²) in [6.45, 7) is 3.44. The predicted octanol–water partition coefficient (Wildman–Crippen LogP) is 2.77. The third kappa shape index (κ3) is 1.56. The van der Waals surface area contributed by atoms with Crippen LogP contribution in [0.5, 0.6) is 0 Å². The van der Waals surface area contributed by atoms with E-state index in [2.05, 4.69) is 35.2 Å². The molecule has 10 heavy (non-hydrogen) atoms. The fourth-order valence-corrected chi connectivity index (χ4v) is 1.16. The molecule has 0 N–H and O–H groups in total. The maximum Gasteiger partial charge on any atom is 0.123 e. The standard InChI is InChI=1S/C8H5FI/c1-2-6-5-7(9)3-4-8(6)10/h3-5H,1H2. The zero-order chi connectivity index (χ0) is 7.56. The number of rotatable bonds is 1. The molecule has 0 nitrogen and oxygen atoms in total. The van der Waals surface area contributed by atoms with Gasteiger partial charge in [-0.1, -0.05) is 6.58 Å². The Morgan fingerprint density at radius 3 is 2.70 bits per heavy atom. The first-order valence-corrected chi connectivity index (χ1v) is 3.80. The zero-order valence-electron chi connectivity index (χ0n) is 5.20. The Labute approximate surface area is 72.9 Å². The van der Waals surface area contributed by atoms with Crippen LogP contribution < -0.4 is 0 Å². The van der Waals surface area contributed by atoms with Gasteiger partial charge in [-0.25, -0.2) is 4.39 Å². The van der Waals surface area contributed by atoms with Crippen molar-refractivity contribution in [2.75, 3.05) is 0 Å². The van der Waals surface area contributed by atoms with Gasteiger partial charge in [0.15, 0.2) is 0 Å². The van der Waals surface area contributed by atoms with Gasteiger partial charge in [-0.15, -0.1) is 0 Å². The highest BCUT2D eigenvalue weighted by atomic mass is 127. The largest absolute Gasteiger partial charge is 0.207 e. The van der Waals surface area contributed by atoms with Crippen molar-refractivity contribution < 1.29 is 4.39 Å². The first-order chi connectivity index (χ1) is 4.74. The molecule has 0 saturated heterocycles. The molecule has 0 aliphatic heterocycles. The van der Waals surface area contributed by atoms with Crippen LogP contribution in [0.4, 0.5) is 4.39 Å². The number of benzene rings is 1. The molecule has 0 aliphatic carbocycles. The van der Waals surface area contributed by atoms with Gasteiger partial charge in [0.25, 0.3) is 0 Å². The van der Waals surface area contributed by atoms with E-state index in [1.165, 1.54) is 12.1 Å². The van der Waals surface area contributed by atoms with Gasteiger partial charge < -0.3 is 0 Å². The Balaban J connectivity index is 3.21. The molecule has 1 aromatic rings. The fraction of sp³-hybridized carbons (Fsp3) is 0. The summed E-state index contributed by atoms with van der Waals surface area (Å²) in [5.41, 5.74) is 0.723. The van der Waals surface area contributed by atoms with Crippen LogP contribution in [-0.2, 0) is 0 Å². The highest BCUT2D eigenvalue weighted by Crippen LogP contribution is 2.12. The molecule has 1 radical (unpaired) electrons. The quantitative estimate of drug-likeness (QED) is 0.669. The van der Waals surface area contributed by atoms with E-state index in [-0.39, 0.29) is 5.82 Å². The molecular weight excluding hydrogens is 242 g/mol. The van der Waals surface area contributed by atoms with Gasteiger partial charge in [-0.05, 0) is 52.4 Å². The smallest absolute Gasteiger partial charge is 0.123 e. The minimum absolute atomic E-state index is 0.244. The number of hydrogen-bond donors (Lipinski definition) is 0. The van der Waals surface area contributed by atoms with Crippen LogP contribution in [-0.4, -0.2) is 0 Å². The second-order valence-electron chi connectivity index (χ2n) is 1.80. The Kier molecular flexibility index (Phi) is 2.43. The Morgan fingerprint density at radius 2 is 2.20 bits per heavy atom. The van der Waals surface area contributed by atoms with Crippen LogP contribution in [0, 0.1) is 15.5 Å². The van der Waals surface area contributed by atoms with Gasteiger partial charge in [0.1, 0.15) is 5.82 Å². The van der Waals surface area contributed by atoms with Gasteiger partial charge in [0, 0.05) is 3.57 Å². The van der Waals surface area contributed by atoms with E-state index in [4.69, 9.17) is 0 Å². The van der Waals surface area contributed by atoms with Crippen molar-refractivity contribution >= 4 is 22.6 Å². The van der Waals surface area contributed by atoms with Gasteiger partial charge in [-0.2, -0.15) is 0 Å². The normalized spacial score (nSPS) is 9.40. The van der Waals surface area contributed by atoms with E-state index in [1.54, 1.807) is 6.07 Å². The number of hydrogen-bond acceptors (Lipinski definition) is 0. The zero-order valence-corrected chi connectivity index (χ0v) is 7.35. The lowest BCUT2D eigenvalue weighted by Gasteiger charge is -1.95. The van der Waals surface area contributed by atoms with Gasteiger partial charge >= 0.3 is 0 Å². The van der Waals surface area contributed by atoms with Crippen LogP contribution in [0.3, 0.4) is 0 Å². The topological polar surface area (TPSA) is 0 Å². The summed E-state index contributed by atoms with van der Waals surface area (Å²) in [7, 11) is 0. The Morgan fingerprint density at radius 1 is 1.50 bits per heavy atom. The maximum absolute atomic E-state index is 12.5. The molecule has 2 heteroatoms. The lowest BCUT2D eigenvalue weighted by molar-refractivity contribution is 0.626. The maximum atomic E-state index is 12.5. The second kappa shape index (κ2) is 3.14. The molecule has 51 valence electrons. The van der Waals surface area contributed by atoms with Crippen LogP contribution in [0.2, 0.25) is 0 Å². The van der Waals surface area contributed by atoms with Crippen molar-refractivity contribution in [1.29, 1.82) is 0 Å². The molecule has 0 amide bonds. The SMILES string of the molecule is C=[C]c1cc(F)ccc1I. The van der Waals surface area contributed by atoms with E-state index in [9.17, 15) is 4.39 Å². The summed E-state index contributed by atoms with van der Waals surface area (Å²) >= 11 is 2.11. The molecule has 1 rings (SSSR count). The van der Waals surface area contributed by atoms with E-state index in [0.29, 0.717) is 0 Å². The van der Waals surface area contributed by atoms with Crippen molar-refractivity contribution in [3.05, 3.63) is 45.8 Å². The average molecular weight is 247 g/mol. The molecule has 0 spiro atoms. The predicted molar refractivity (Wildman–Crippen MR) is 47.1 cm³/mol.